The van der Waals surface area contributed by atoms with Gasteiger partial charge in [-0.1, -0.05) is 6.92 Å². The highest BCUT2D eigenvalue weighted by molar-refractivity contribution is 5.91. The molecule has 2 heterocycles. The molecule has 8 heteroatoms. The monoisotopic (exact) mass is 386 g/mol. The Morgan fingerprint density at radius 2 is 1.96 bits per heavy atom. The molecule has 1 aromatic rings. The fourth-order valence-corrected chi connectivity index (χ4v) is 3.91. The molecule has 3 rings (SSSR count). The Kier molecular flexibility index (Phi) is 5.27. The normalized spacial score (nSPS) is 21.0. The van der Waals surface area contributed by atoms with Crippen LogP contribution in [0.15, 0.2) is 16.7 Å². The third kappa shape index (κ3) is 4.65. The first-order valence-corrected chi connectivity index (χ1v) is 9.33. The maximum atomic E-state index is 12.5. The lowest BCUT2D eigenvalue weighted by atomic mass is 9.86. The zero-order valence-corrected chi connectivity index (χ0v) is 15.6. The van der Waals surface area contributed by atoms with Crippen molar-refractivity contribution in [3.63, 3.8) is 0 Å². The molecule has 1 aliphatic heterocycles. The zero-order valence-electron chi connectivity index (χ0n) is 15.6. The van der Waals surface area contributed by atoms with E-state index >= 15 is 0 Å². The first-order valence-electron chi connectivity index (χ1n) is 9.33. The molecule has 0 radical (unpaired) electrons. The molecule has 2 fully saturated rings. The van der Waals surface area contributed by atoms with Crippen molar-refractivity contribution in [3.05, 3.63) is 23.7 Å². The number of nitrogens with one attached hydrogen (secondary N) is 1. The molecule has 0 aromatic carbocycles. The molecule has 0 unspecified atom stereocenters. The summed E-state index contributed by atoms with van der Waals surface area (Å²) >= 11 is 0. The van der Waals surface area contributed by atoms with Gasteiger partial charge in [0.1, 0.15) is 0 Å². The van der Waals surface area contributed by atoms with E-state index in [1.54, 1.807) is 11.0 Å². The minimum atomic E-state index is -4.34. The summed E-state index contributed by atoms with van der Waals surface area (Å²) in [6.45, 7) is 4.27. The Morgan fingerprint density at radius 3 is 2.44 bits per heavy atom. The van der Waals surface area contributed by atoms with E-state index in [-0.39, 0.29) is 11.8 Å². The van der Waals surface area contributed by atoms with Crippen LogP contribution in [-0.2, 0) is 4.79 Å². The second-order valence-electron chi connectivity index (χ2n) is 7.92. The van der Waals surface area contributed by atoms with Crippen molar-refractivity contribution >= 4 is 11.8 Å². The molecule has 5 nitrogen and oxygen atoms in total. The van der Waals surface area contributed by atoms with E-state index in [0.717, 1.165) is 31.2 Å². The predicted octanol–water partition coefficient (Wildman–Crippen LogP) is 3.68. The summed E-state index contributed by atoms with van der Waals surface area (Å²) in [5.41, 5.74) is 0.494. The van der Waals surface area contributed by atoms with E-state index in [1.165, 1.54) is 13.2 Å². The van der Waals surface area contributed by atoms with E-state index in [2.05, 4.69) is 5.32 Å². The highest BCUT2D eigenvalue weighted by atomic mass is 19.4. The Bertz CT molecular complexity index is 701. The predicted molar refractivity (Wildman–Crippen MR) is 92.0 cm³/mol. The molecule has 1 saturated carbocycles. The van der Waals surface area contributed by atoms with E-state index < -0.39 is 30.0 Å². The topological polar surface area (TPSA) is 62.6 Å². The van der Waals surface area contributed by atoms with Gasteiger partial charge in [-0.05, 0) is 50.2 Å². The number of rotatable bonds is 5. The van der Waals surface area contributed by atoms with Gasteiger partial charge in [0.05, 0.1) is 12.7 Å². The van der Waals surface area contributed by atoms with Crippen LogP contribution >= 0.6 is 0 Å². The SMILES string of the molecule is Cc1coc(C(=O)N2CCC(C3(NC(=O)[C@H](C)CC(F)(F)F)CC3)CC2)c1. The van der Waals surface area contributed by atoms with Gasteiger partial charge < -0.3 is 14.6 Å². The lowest BCUT2D eigenvalue weighted by Crippen LogP contribution is -2.49. The van der Waals surface area contributed by atoms with E-state index in [4.69, 9.17) is 4.42 Å². The van der Waals surface area contributed by atoms with Crippen LogP contribution in [0.3, 0.4) is 0 Å². The zero-order chi connectivity index (χ0) is 19.8. The third-order valence-electron chi connectivity index (χ3n) is 5.65. The first-order chi connectivity index (χ1) is 12.6. The van der Waals surface area contributed by atoms with Gasteiger partial charge in [-0.3, -0.25) is 9.59 Å². The van der Waals surface area contributed by atoms with Crippen molar-refractivity contribution in [2.75, 3.05) is 13.1 Å². The van der Waals surface area contributed by atoms with Crippen LogP contribution < -0.4 is 5.32 Å². The van der Waals surface area contributed by atoms with Crippen LogP contribution in [0.1, 0.15) is 55.1 Å². The molecule has 0 spiro atoms. The molecule has 2 amide bonds. The molecule has 2 aliphatic rings. The van der Waals surface area contributed by atoms with Crippen molar-refractivity contribution < 1.29 is 27.2 Å². The molecule has 1 N–H and O–H groups in total. The Labute approximate surface area is 156 Å². The molecule has 150 valence electrons. The number of aryl methyl sites for hydroxylation is 1. The van der Waals surface area contributed by atoms with Gasteiger partial charge in [0, 0.05) is 24.5 Å². The number of alkyl halides is 3. The summed E-state index contributed by atoms with van der Waals surface area (Å²) in [6, 6.07) is 1.71. The number of halogens is 3. The molecule has 1 aromatic heterocycles. The van der Waals surface area contributed by atoms with Crippen molar-refractivity contribution in [1.29, 1.82) is 0 Å². The summed E-state index contributed by atoms with van der Waals surface area (Å²) in [5.74, 6) is -1.27. The van der Waals surface area contributed by atoms with Gasteiger partial charge in [0.15, 0.2) is 5.76 Å². The summed E-state index contributed by atoms with van der Waals surface area (Å²) in [4.78, 5) is 26.4. The molecule has 27 heavy (non-hydrogen) atoms. The fourth-order valence-electron chi connectivity index (χ4n) is 3.91. The molecular weight excluding hydrogens is 361 g/mol. The number of furan rings is 1. The highest BCUT2D eigenvalue weighted by Crippen LogP contribution is 2.47. The Hall–Kier alpha value is -1.99. The Balaban J connectivity index is 1.53. The standard InChI is InChI=1S/C19H25F3N2O3/c1-12-9-15(27-11-12)17(26)24-7-3-14(4-8-24)18(5-6-18)23-16(25)13(2)10-19(20,21)22/h9,11,13-14H,3-8,10H2,1-2H3,(H,23,25)/t13-/m1/s1. The van der Waals surface area contributed by atoms with Crippen LogP contribution in [0.25, 0.3) is 0 Å². The van der Waals surface area contributed by atoms with E-state index in [9.17, 15) is 22.8 Å². The minimum Gasteiger partial charge on any atom is -0.459 e. The highest BCUT2D eigenvalue weighted by Gasteiger charge is 2.51. The van der Waals surface area contributed by atoms with Crippen molar-refractivity contribution in [2.45, 2.75) is 57.7 Å². The second-order valence-corrected chi connectivity index (χ2v) is 7.92. The van der Waals surface area contributed by atoms with Crippen LogP contribution in [0.4, 0.5) is 13.2 Å². The molecule has 1 aliphatic carbocycles. The van der Waals surface area contributed by atoms with Gasteiger partial charge >= 0.3 is 6.18 Å². The molecular formula is C19H25F3N2O3. The van der Waals surface area contributed by atoms with Crippen LogP contribution in [0, 0.1) is 18.8 Å². The smallest absolute Gasteiger partial charge is 0.389 e. The number of carbonyl (C=O) groups excluding carboxylic acids is 2. The van der Waals surface area contributed by atoms with Gasteiger partial charge in [0.25, 0.3) is 5.91 Å². The average Bonchev–Trinajstić information content (AvgIpc) is 3.24. The number of hydrogen-bond donors (Lipinski definition) is 1. The maximum absolute atomic E-state index is 12.5. The molecule has 1 atom stereocenters. The quantitative estimate of drug-likeness (QED) is 0.840. The molecule has 0 bridgehead atoms. The van der Waals surface area contributed by atoms with Gasteiger partial charge in [-0.25, -0.2) is 0 Å². The minimum absolute atomic E-state index is 0.144. The van der Waals surface area contributed by atoms with E-state index in [0.29, 0.717) is 18.8 Å². The van der Waals surface area contributed by atoms with Gasteiger partial charge in [0.2, 0.25) is 5.91 Å². The lowest BCUT2D eigenvalue weighted by molar-refractivity contribution is -0.153. The summed E-state index contributed by atoms with van der Waals surface area (Å²) in [6.07, 6.45) is -0.899. The molecule has 1 saturated heterocycles. The van der Waals surface area contributed by atoms with Gasteiger partial charge in [-0.15, -0.1) is 0 Å². The van der Waals surface area contributed by atoms with Gasteiger partial charge in [-0.2, -0.15) is 13.2 Å². The Morgan fingerprint density at radius 1 is 1.33 bits per heavy atom. The first kappa shape index (κ1) is 19.8. The number of carbonyl (C=O) groups is 2. The number of nitrogens with zero attached hydrogens (tertiary/aromatic N) is 1. The summed E-state index contributed by atoms with van der Waals surface area (Å²) < 4.78 is 42.8. The number of likely N-dealkylation sites (tertiary alicyclic amines) is 1. The summed E-state index contributed by atoms with van der Waals surface area (Å²) in [5, 5.41) is 2.88. The number of piperidine rings is 1. The van der Waals surface area contributed by atoms with Crippen molar-refractivity contribution in [2.24, 2.45) is 11.8 Å². The van der Waals surface area contributed by atoms with Crippen LogP contribution in [0.5, 0.6) is 0 Å². The number of amides is 2. The second kappa shape index (κ2) is 7.20. The fraction of sp³-hybridized carbons (Fsp3) is 0.684. The lowest BCUT2D eigenvalue weighted by Gasteiger charge is -2.37. The average molecular weight is 386 g/mol. The number of hydrogen-bond acceptors (Lipinski definition) is 3. The largest absolute Gasteiger partial charge is 0.459 e. The summed E-state index contributed by atoms with van der Waals surface area (Å²) in [7, 11) is 0. The van der Waals surface area contributed by atoms with Crippen molar-refractivity contribution in [1.82, 2.24) is 10.2 Å². The van der Waals surface area contributed by atoms with E-state index in [1.807, 2.05) is 6.92 Å². The maximum Gasteiger partial charge on any atom is 0.389 e. The third-order valence-corrected chi connectivity index (χ3v) is 5.65. The van der Waals surface area contributed by atoms with Crippen LogP contribution in [0.2, 0.25) is 0 Å². The van der Waals surface area contributed by atoms with Crippen molar-refractivity contribution in [3.8, 4) is 0 Å². The van der Waals surface area contributed by atoms with Crippen LogP contribution in [-0.4, -0.2) is 41.5 Å².